The highest BCUT2D eigenvalue weighted by Crippen LogP contribution is 2.12. The van der Waals surface area contributed by atoms with Crippen LogP contribution in [-0.4, -0.2) is 18.1 Å². The Hall–Kier alpha value is 0.310. The van der Waals surface area contributed by atoms with Crippen LogP contribution >= 0.6 is 11.8 Å². The first-order chi connectivity index (χ1) is 8.81. The van der Waals surface area contributed by atoms with Gasteiger partial charge in [0.15, 0.2) is 0 Å². The molecule has 1 nitrogen and oxygen atoms in total. The van der Waals surface area contributed by atoms with Gasteiger partial charge in [-0.2, -0.15) is 11.8 Å². The molecule has 18 heavy (non-hydrogen) atoms. The SMILES string of the molecule is CCCCCCCCCCCCC(N)CCSC. The van der Waals surface area contributed by atoms with Gasteiger partial charge in [0.1, 0.15) is 0 Å². The molecule has 0 saturated carbocycles. The van der Waals surface area contributed by atoms with Gasteiger partial charge in [0.05, 0.1) is 0 Å². The summed E-state index contributed by atoms with van der Waals surface area (Å²) in [7, 11) is 0. The van der Waals surface area contributed by atoms with Crippen molar-refractivity contribution in [1.82, 2.24) is 0 Å². The molecule has 0 amide bonds. The molecule has 0 heterocycles. The average Bonchev–Trinajstić information content (AvgIpc) is 2.38. The summed E-state index contributed by atoms with van der Waals surface area (Å²) in [4.78, 5) is 0. The van der Waals surface area contributed by atoms with Crippen LogP contribution in [-0.2, 0) is 0 Å². The molecule has 110 valence electrons. The third kappa shape index (κ3) is 14.4. The molecular weight excluding hydrogens is 238 g/mol. The van der Waals surface area contributed by atoms with Crippen LogP contribution in [0.5, 0.6) is 0 Å². The van der Waals surface area contributed by atoms with Gasteiger partial charge in [-0.15, -0.1) is 0 Å². The number of hydrogen-bond acceptors (Lipinski definition) is 2. The summed E-state index contributed by atoms with van der Waals surface area (Å²) in [6, 6.07) is 0.450. The Morgan fingerprint density at radius 2 is 1.28 bits per heavy atom. The number of nitrogens with two attached hydrogens (primary N) is 1. The normalized spacial score (nSPS) is 12.8. The van der Waals surface area contributed by atoms with Gasteiger partial charge in [-0.05, 0) is 24.9 Å². The minimum absolute atomic E-state index is 0.450. The van der Waals surface area contributed by atoms with Crippen molar-refractivity contribution in [2.45, 2.75) is 90.0 Å². The highest BCUT2D eigenvalue weighted by Gasteiger charge is 2.01. The zero-order valence-electron chi connectivity index (χ0n) is 12.8. The van der Waals surface area contributed by atoms with Crippen LogP contribution in [0, 0.1) is 0 Å². The van der Waals surface area contributed by atoms with E-state index in [2.05, 4.69) is 13.2 Å². The van der Waals surface area contributed by atoms with Crippen molar-refractivity contribution >= 4 is 11.8 Å². The van der Waals surface area contributed by atoms with Gasteiger partial charge in [0.25, 0.3) is 0 Å². The highest BCUT2D eigenvalue weighted by atomic mass is 32.2. The van der Waals surface area contributed by atoms with E-state index in [1.165, 1.54) is 82.8 Å². The van der Waals surface area contributed by atoms with Crippen LogP contribution in [0.25, 0.3) is 0 Å². The van der Waals surface area contributed by atoms with Crippen LogP contribution < -0.4 is 5.73 Å². The number of rotatable bonds is 14. The quantitative estimate of drug-likeness (QED) is 0.430. The van der Waals surface area contributed by atoms with E-state index in [-0.39, 0.29) is 0 Å². The fourth-order valence-electron chi connectivity index (χ4n) is 2.31. The Kier molecular flexibility index (Phi) is 15.6. The topological polar surface area (TPSA) is 26.0 Å². The molecule has 1 atom stereocenters. The van der Waals surface area contributed by atoms with Gasteiger partial charge < -0.3 is 5.73 Å². The first-order valence-electron chi connectivity index (χ1n) is 8.05. The van der Waals surface area contributed by atoms with Crippen LogP contribution in [0.3, 0.4) is 0 Å². The predicted octanol–water partition coefficient (Wildman–Crippen LogP) is 5.38. The number of thioether (sulfide) groups is 1. The molecule has 2 N–H and O–H groups in total. The Morgan fingerprint density at radius 3 is 1.78 bits per heavy atom. The van der Waals surface area contributed by atoms with Crippen molar-refractivity contribution in [2.75, 3.05) is 12.0 Å². The maximum absolute atomic E-state index is 6.06. The zero-order chi connectivity index (χ0) is 13.5. The first-order valence-corrected chi connectivity index (χ1v) is 9.45. The van der Waals surface area contributed by atoms with Gasteiger partial charge in [-0.25, -0.2) is 0 Å². The summed E-state index contributed by atoms with van der Waals surface area (Å²) in [6.07, 6.45) is 18.7. The monoisotopic (exact) mass is 273 g/mol. The standard InChI is InChI=1S/C16H35NS/c1-3-4-5-6-7-8-9-10-11-12-13-16(17)14-15-18-2/h16H,3-15,17H2,1-2H3. The molecule has 1 unspecified atom stereocenters. The van der Waals surface area contributed by atoms with Gasteiger partial charge in [0.2, 0.25) is 0 Å². The van der Waals surface area contributed by atoms with Gasteiger partial charge in [-0.1, -0.05) is 71.1 Å². The predicted molar refractivity (Wildman–Crippen MR) is 87.4 cm³/mol. The Labute approximate surface area is 120 Å². The molecule has 0 aromatic carbocycles. The molecule has 0 fully saturated rings. The number of unbranched alkanes of at least 4 members (excludes halogenated alkanes) is 9. The Bertz CT molecular complexity index is 150. The van der Waals surface area contributed by atoms with E-state index in [0.29, 0.717) is 6.04 Å². The minimum Gasteiger partial charge on any atom is -0.328 e. The Morgan fingerprint density at radius 1 is 0.778 bits per heavy atom. The van der Waals surface area contributed by atoms with E-state index in [0.717, 1.165) is 0 Å². The van der Waals surface area contributed by atoms with Crippen molar-refractivity contribution in [1.29, 1.82) is 0 Å². The minimum atomic E-state index is 0.450. The lowest BCUT2D eigenvalue weighted by Gasteiger charge is -2.10. The summed E-state index contributed by atoms with van der Waals surface area (Å²) in [5, 5.41) is 0. The summed E-state index contributed by atoms with van der Waals surface area (Å²) in [5.41, 5.74) is 6.06. The fraction of sp³-hybridized carbons (Fsp3) is 1.00. The summed E-state index contributed by atoms with van der Waals surface area (Å²) in [5.74, 6) is 1.22. The molecule has 0 aromatic heterocycles. The second-order valence-corrected chi connectivity index (χ2v) is 6.50. The number of hydrogen-bond donors (Lipinski definition) is 1. The van der Waals surface area contributed by atoms with E-state index in [9.17, 15) is 0 Å². The van der Waals surface area contributed by atoms with Gasteiger partial charge in [0, 0.05) is 6.04 Å². The third-order valence-electron chi connectivity index (χ3n) is 3.62. The molecule has 0 aromatic rings. The Balaban J connectivity index is 3.02. The summed E-state index contributed by atoms with van der Waals surface area (Å²) < 4.78 is 0. The summed E-state index contributed by atoms with van der Waals surface area (Å²) in [6.45, 7) is 2.28. The molecule has 0 saturated heterocycles. The van der Waals surface area contributed by atoms with Crippen molar-refractivity contribution in [3.63, 3.8) is 0 Å². The van der Waals surface area contributed by atoms with Gasteiger partial charge in [-0.3, -0.25) is 0 Å². The molecule has 0 aliphatic rings. The first kappa shape index (κ1) is 18.3. The largest absolute Gasteiger partial charge is 0.328 e. The summed E-state index contributed by atoms with van der Waals surface area (Å²) >= 11 is 1.91. The maximum Gasteiger partial charge on any atom is 0.00466 e. The highest BCUT2D eigenvalue weighted by molar-refractivity contribution is 7.98. The van der Waals surface area contributed by atoms with Crippen LogP contribution in [0.15, 0.2) is 0 Å². The van der Waals surface area contributed by atoms with Crippen LogP contribution in [0.1, 0.15) is 84.0 Å². The molecule has 0 radical (unpaired) electrons. The lowest BCUT2D eigenvalue weighted by molar-refractivity contribution is 0.516. The molecule has 0 rings (SSSR count). The van der Waals surface area contributed by atoms with Crippen molar-refractivity contribution in [3.05, 3.63) is 0 Å². The van der Waals surface area contributed by atoms with Crippen molar-refractivity contribution < 1.29 is 0 Å². The van der Waals surface area contributed by atoms with E-state index in [1.54, 1.807) is 0 Å². The smallest absolute Gasteiger partial charge is 0.00466 e. The lowest BCUT2D eigenvalue weighted by Crippen LogP contribution is -2.20. The molecule has 0 bridgehead atoms. The zero-order valence-corrected chi connectivity index (χ0v) is 13.6. The van der Waals surface area contributed by atoms with Gasteiger partial charge >= 0.3 is 0 Å². The van der Waals surface area contributed by atoms with E-state index in [1.807, 2.05) is 11.8 Å². The third-order valence-corrected chi connectivity index (χ3v) is 4.27. The van der Waals surface area contributed by atoms with E-state index >= 15 is 0 Å². The fourth-order valence-corrected chi connectivity index (χ4v) is 2.85. The van der Waals surface area contributed by atoms with Crippen LogP contribution in [0.4, 0.5) is 0 Å². The molecular formula is C16H35NS. The van der Waals surface area contributed by atoms with E-state index in [4.69, 9.17) is 5.73 Å². The van der Waals surface area contributed by atoms with Crippen molar-refractivity contribution in [2.24, 2.45) is 5.73 Å². The molecule has 0 spiro atoms. The molecule has 0 aliphatic heterocycles. The molecule has 0 aliphatic carbocycles. The molecule has 2 heteroatoms. The average molecular weight is 274 g/mol. The van der Waals surface area contributed by atoms with Crippen molar-refractivity contribution in [3.8, 4) is 0 Å². The van der Waals surface area contributed by atoms with E-state index < -0.39 is 0 Å². The second kappa shape index (κ2) is 15.4. The second-order valence-electron chi connectivity index (χ2n) is 5.51. The lowest BCUT2D eigenvalue weighted by atomic mass is 10.0. The maximum atomic E-state index is 6.06. The van der Waals surface area contributed by atoms with Crippen LogP contribution in [0.2, 0.25) is 0 Å².